The molecule has 0 unspecified atom stereocenters. The fourth-order valence-corrected chi connectivity index (χ4v) is 2.02. The predicted octanol–water partition coefficient (Wildman–Crippen LogP) is 2.53. The molecule has 1 heterocycles. The molecule has 2 rings (SSSR count). The van der Waals surface area contributed by atoms with E-state index in [0.29, 0.717) is 0 Å². The maximum Gasteiger partial charge on any atom is 0.0998 e. The van der Waals surface area contributed by atoms with Gasteiger partial charge in [0.05, 0.1) is 11.6 Å². The van der Waals surface area contributed by atoms with Crippen LogP contribution in [0.3, 0.4) is 0 Å². The van der Waals surface area contributed by atoms with Crippen molar-refractivity contribution in [2.75, 3.05) is 20.1 Å². The molecular weight excluding hydrogens is 210 g/mol. The summed E-state index contributed by atoms with van der Waals surface area (Å²) in [6, 6.07) is 8.08. The highest BCUT2D eigenvalue weighted by atomic mass is 15.1. The number of aromatic nitrogens is 1. The largest absolute Gasteiger partial charge is 0.361 e. The van der Waals surface area contributed by atoms with Crippen molar-refractivity contribution in [3.8, 4) is 6.07 Å². The molecule has 3 heteroatoms. The molecule has 17 heavy (non-hydrogen) atoms. The average molecular weight is 227 g/mol. The van der Waals surface area contributed by atoms with Gasteiger partial charge in [-0.2, -0.15) is 5.26 Å². The number of hydrogen-bond donors (Lipinski definition) is 1. The van der Waals surface area contributed by atoms with Crippen LogP contribution in [0.25, 0.3) is 10.9 Å². The van der Waals surface area contributed by atoms with E-state index in [-0.39, 0.29) is 0 Å². The molecule has 1 aromatic heterocycles. The van der Waals surface area contributed by atoms with E-state index in [1.165, 1.54) is 5.56 Å². The predicted molar refractivity (Wildman–Crippen MR) is 69.9 cm³/mol. The Hall–Kier alpha value is -1.79. The lowest BCUT2D eigenvalue weighted by molar-refractivity contribution is 0.358. The highest BCUT2D eigenvalue weighted by molar-refractivity contribution is 5.88. The minimum Gasteiger partial charge on any atom is -0.361 e. The Kier molecular flexibility index (Phi) is 3.46. The second kappa shape index (κ2) is 5.03. The second-order valence-corrected chi connectivity index (χ2v) is 4.30. The molecule has 0 spiro atoms. The lowest BCUT2D eigenvalue weighted by atomic mass is 10.1. The smallest absolute Gasteiger partial charge is 0.0998 e. The van der Waals surface area contributed by atoms with Crippen LogP contribution < -0.4 is 0 Å². The third-order valence-corrected chi connectivity index (χ3v) is 3.21. The molecule has 1 aromatic carbocycles. The highest BCUT2D eigenvalue weighted by Gasteiger charge is 2.08. The molecule has 0 fully saturated rings. The van der Waals surface area contributed by atoms with Crippen LogP contribution in [-0.4, -0.2) is 30.0 Å². The zero-order valence-electron chi connectivity index (χ0n) is 10.3. The van der Waals surface area contributed by atoms with Gasteiger partial charge < -0.3 is 9.88 Å². The Morgan fingerprint density at radius 3 is 2.94 bits per heavy atom. The number of rotatable bonds is 4. The van der Waals surface area contributed by atoms with Crippen molar-refractivity contribution >= 4 is 10.9 Å². The van der Waals surface area contributed by atoms with Gasteiger partial charge in [-0.25, -0.2) is 0 Å². The fraction of sp³-hybridized carbons (Fsp3) is 0.357. The van der Waals surface area contributed by atoms with Crippen LogP contribution >= 0.6 is 0 Å². The summed E-state index contributed by atoms with van der Waals surface area (Å²) in [5.74, 6) is 0. The van der Waals surface area contributed by atoms with Crippen LogP contribution in [0.2, 0.25) is 0 Å². The van der Waals surface area contributed by atoms with Crippen LogP contribution in [-0.2, 0) is 6.42 Å². The summed E-state index contributed by atoms with van der Waals surface area (Å²) in [5.41, 5.74) is 3.05. The molecule has 0 amide bonds. The standard InChI is InChI=1S/C14H17N3/c1-3-17(2)8-7-12-10-16-13-6-4-5-11(9-15)14(12)13/h4-6,10,16H,3,7-8H2,1-2H3. The average Bonchev–Trinajstić information content (AvgIpc) is 2.79. The van der Waals surface area contributed by atoms with Gasteiger partial charge in [0.25, 0.3) is 0 Å². The van der Waals surface area contributed by atoms with E-state index in [1.54, 1.807) is 0 Å². The van der Waals surface area contributed by atoms with Crippen LogP contribution in [0.1, 0.15) is 18.1 Å². The summed E-state index contributed by atoms with van der Waals surface area (Å²) in [5, 5.41) is 10.2. The molecule has 0 aliphatic rings. The second-order valence-electron chi connectivity index (χ2n) is 4.30. The molecule has 0 saturated carbocycles. The summed E-state index contributed by atoms with van der Waals surface area (Å²) in [7, 11) is 2.11. The van der Waals surface area contributed by atoms with E-state index in [2.05, 4.69) is 29.9 Å². The molecule has 88 valence electrons. The van der Waals surface area contributed by atoms with Gasteiger partial charge >= 0.3 is 0 Å². The van der Waals surface area contributed by atoms with Crippen LogP contribution in [0.4, 0.5) is 0 Å². The van der Waals surface area contributed by atoms with Gasteiger partial charge in [0.1, 0.15) is 0 Å². The minimum absolute atomic E-state index is 0.762. The molecule has 0 radical (unpaired) electrons. The SMILES string of the molecule is CCN(C)CCc1c[nH]c2cccc(C#N)c12. The number of hydrogen-bond acceptors (Lipinski definition) is 2. The Balaban J connectivity index is 2.32. The maximum atomic E-state index is 9.13. The first kappa shape index (κ1) is 11.7. The number of fused-ring (bicyclic) bond motifs is 1. The molecule has 0 saturated heterocycles. The van der Waals surface area contributed by atoms with E-state index < -0.39 is 0 Å². The van der Waals surface area contributed by atoms with E-state index in [4.69, 9.17) is 5.26 Å². The molecule has 0 aliphatic carbocycles. The molecule has 3 nitrogen and oxygen atoms in total. The monoisotopic (exact) mass is 227 g/mol. The number of nitrogens with one attached hydrogen (secondary N) is 1. The zero-order valence-corrected chi connectivity index (χ0v) is 10.3. The van der Waals surface area contributed by atoms with Crippen molar-refractivity contribution in [1.29, 1.82) is 5.26 Å². The molecule has 0 aliphatic heterocycles. The molecule has 0 bridgehead atoms. The maximum absolute atomic E-state index is 9.13. The normalized spacial score (nSPS) is 10.9. The van der Waals surface area contributed by atoms with Crippen molar-refractivity contribution in [3.05, 3.63) is 35.5 Å². The summed E-state index contributed by atoms with van der Waals surface area (Å²) in [4.78, 5) is 5.51. The van der Waals surface area contributed by atoms with Gasteiger partial charge in [-0.05, 0) is 37.7 Å². The highest BCUT2D eigenvalue weighted by Crippen LogP contribution is 2.22. The lowest BCUT2D eigenvalue weighted by Gasteiger charge is -2.12. The first-order valence-corrected chi connectivity index (χ1v) is 5.94. The van der Waals surface area contributed by atoms with Gasteiger partial charge in [-0.1, -0.05) is 13.0 Å². The lowest BCUT2D eigenvalue weighted by Crippen LogP contribution is -2.20. The topological polar surface area (TPSA) is 42.8 Å². The quantitative estimate of drug-likeness (QED) is 0.872. The number of likely N-dealkylation sites (N-methyl/N-ethyl adjacent to an activating group) is 1. The summed E-state index contributed by atoms with van der Waals surface area (Å²) in [6.07, 6.45) is 3.00. The number of aromatic amines is 1. The Labute approximate surface area is 102 Å². The van der Waals surface area contributed by atoms with Gasteiger partial charge in [0, 0.05) is 23.6 Å². The van der Waals surface area contributed by atoms with E-state index >= 15 is 0 Å². The fourth-order valence-electron chi connectivity index (χ4n) is 2.02. The van der Waals surface area contributed by atoms with Gasteiger partial charge in [-0.15, -0.1) is 0 Å². The number of nitrogens with zero attached hydrogens (tertiary/aromatic N) is 2. The van der Waals surface area contributed by atoms with E-state index in [1.807, 2.05) is 24.4 Å². The summed E-state index contributed by atoms with van der Waals surface area (Å²) >= 11 is 0. The van der Waals surface area contributed by atoms with Gasteiger partial charge in [0.15, 0.2) is 0 Å². The van der Waals surface area contributed by atoms with Crippen molar-refractivity contribution in [2.24, 2.45) is 0 Å². The first-order valence-electron chi connectivity index (χ1n) is 5.94. The zero-order chi connectivity index (χ0) is 12.3. The third-order valence-electron chi connectivity index (χ3n) is 3.21. The summed E-state index contributed by atoms with van der Waals surface area (Å²) in [6.45, 7) is 4.21. The third kappa shape index (κ3) is 2.32. The molecule has 2 aromatic rings. The van der Waals surface area contributed by atoms with Crippen LogP contribution in [0.15, 0.2) is 24.4 Å². The first-order chi connectivity index (χ1) is 8.26. The van der Waals surface area contributed by atoms with Crippen LogP contribution in [0.5, 0.6) is 0 Å². The van der Waals surface area contributed by atoms with Gasteiger partial charge in [-0.3, -0.25) is 0 Å². The van der Waals surface area contributed by atoms with E-state index in [9.17, 15) is 0 Å². The number of H-pyrrole nitrogens is 1. The van der Waals surface area contributed by atoms with Crippen molar-refractivity contribution < 1.29 is 0 Å². The molecule has 0 atom stereocenters. The van der Waals surface area contributed by atoms with Crippen molar-refractivity contribution in [3.63, 3.8) is 0 Å². The summed E-state index contributed by atoms with van der Waals surface area (Å²) < 4.78 is 0. The molecular formula is C14H17N3. The minimum atomic E-state index is 0.762. The van der Waals surface area contributed by atoms with Crippen molar-refractivity contribution in [2.45, 2.75) is 13.3 Å². The Bertz CT molecular complexity index is 548. The Morgan fingerprint density at radius 2 is 2.24 bits per heavy atom. The number of benzene rings is 1. The molecule has 1 N–H and O–H groups in total. The van der Waals surface area contributed by atoms with E-state index in [0.717, 1.165) is 36.0 Å². The van der Waals surface area contributed by atoms with Crippen molar-refractivity contribution in [1.82, 2.24) is 9.88 Å². The van der Waals surface area contributed by atoms with Gasteiger partial charge in [0.2, 0.25) is 0 Å². The van der Waals surface area contributed by atoms with Crippen LogP contribution in [0, 0.1) is 11.3 Å². The number of nitriles is 1. The Morgan fingerprint density at radius 1 is 1.41 bits per heavy atom.